The first-order valence-electron chi connectivity index (χ1n) is 7.77. The Morgan fingerprint density at radius 2 is 1.75 bits per heavy atom. The number of nitrogens with one attached hydrogen (secondary N) is 1. The van der Waals surface area contributed by atoms with E-state index >= 15 is 0 Å². The van der Waals surface area contributed by atoms with E-state index in [1.807, 2.05) is 11.8 Å². The molecule has 1 aliphatic rings. The minimum atomic E-state index is 0.779. The van der Waals surface area contributed by atoms with Crippen LogP contribution in [0.5, 0.6) is 0 Å². The van der Waals surface area contributed by atoms with Gasteiger partial charge in [0.2, 0.25) is 0 Å². The van der Waals surface area contributed by atoms with Crippen molar-refractivity contribution in [2.24, 2.45) is 0 Å². The summed E-state index contributed by atoms with van der Waals surface area (Å²) in [6.07, 6.45) is 7.01. The van der Waals surface area contributed by atoms with Gasteiger partial charge in [-0.15, -0.1) is 11.8 Å². The second kappa shape index (κ2) is 7.14. The van der Waals surface area contributed by atoms with Gasteiger partial charge in [-0.3, -0.25) is 0 Å². The Morgan fingerprint density at radius 1 is 0.950 bits per heavy atom. The predicted molar refractivity (Wildman–Crippen MR) is 89.5 cm³/mol. The van der Waals surface area contributed by atoms with E-state index in [1.54, 1.807) is 0 Å². The van der Waals surface area contributed by atoms with Gasteiger partial charge in [0, 0.05) is 23.2 Å². The highest BCUT2D eigenvalue weighted by Crippen LogP contribution is 2.23. The Labute approximate surface area is 126 Å². The van der Waals surface area contributed by atoms with Crippen LogP contribution in [0.4, 0.5) is 0 Å². The largest absolute Gasteiger partial charge is 0.313 e. The van der Waals surface area contributed by atoms with Crippen molar-refractivity contribution in [3.63, 3.8) is 0 Å². The van der Waals surface area contributed by atoms with Crippen LogP contribution in [-0.4, -0.2) is 18.3 Å². The molecule has 0 bridgehead atoms. The smallest absolute Gasteiger partial charge is 0.0106 e. The van der Waals surface area contributed by atoms with Gasteiger partial charge < -0.3 is 5.32 Å². The van der Waals surface area contributed by atoms with Gasteiger partial charge in [0.1, 0.15) is 0 Å². The lowest BCUT2D eigenvalue weighted by molar-refractivity contribution is 0.381. The maximum absolute atomic E-state index is 3.71. The van der Waals surface area contributed by atoms with Gasteiger partial charge in [0.25, 0.3) is 0 Å². The van der Waals surface area contributed by atoms with Crippen molar-refractivity contribution < 1.29 is 0 Å². The molecule has 106 valence electrons. The lowest BCUT2D eigenvalue weighted by Crippen LogP contribution is -2.32. The molecule has 1 aliphatic carbocycles. The van der Waals surface area contributed by atoms with E-state index in [0.717, 1.165) is 18.3 Å². The monoisotopic (exact) mass is 285 g/mol. The molecule has 0 radical (unpaired) electrons. The van der Waals surface area contributed by atoms with E-state index in [0.29, 0.717) is 0 Å². The van der Waals surface area contributed by atoms with Gasteiger partial charge >= 0.3 is 0 Å². The van der Waals surface area contributed by atoms with Gasteiger partial charge in [0.15, 0.2) is 0 Å². The molecule has 1 fully saturated rings. The minimum absolute atomic E-state index is 0.779. The average Bonchev–Trinajstić information content (AvgIpc) is 2.52. The summed E-state index contributed by atoms with van der Waals surface area (Å²) in [5, 5.41) is 6.38. The second-order valence-electron chi connectivity index (χ2n) is 5.65. The second-order valence-corrected chi connectivity index (χ2v) is 6.81. The summed E-state index contributed by atoms with van der Waals surface area (Å²) in [6, 6.07) is 16.1. The molecular weight excluding hydrogens is 262 g/mol. The van der Waals surface area contributed by atoms with Crippen molar-refractivity contribution in [2.45, 2.75) is 43.0 Å². The van der Waals surface area contributed by atoms with E-state index in [9.17, 15) is 0 Å². The Morgan fingerprint density at radius 3 is 2.60 bits per heavy atom. The third kappa shape index (κ3) is 3.77. The molecule has 1 nitrogen and oxygen atoms in total. The molecule has 0 spiro atoms. The van der Waals surface area contributed by atoms with E-state index in [2.05, 4.69) is 47.8 Å². The normalized spacial score (nSPS) is 16.6. The molecule has 0 aromatic heterocycles. The van der Waals surface area contributed by atoms with E-state index in [-0.39, 0.29) is 0 Å². The number of hydrogen-bond acceptors (Lipinski definition) is 2. The van der Waals surface area contributed by atoms with Crippen LogP contribution in [0.2, 0.25) is 0 Å². The molecule has 2 aromatic carbocycles. The lowest BCUT2D eigenvalue weighted by atomic mass is 9.96. The fraction of sp³-hybridized carbons (Fsp3) is 0.444. The first-order valence-corrected chi connectivity index (χ1v) is 8.75. The van der Waals surface area contributed by atoms with Crippen LogP contribution in [0.25, 0.3) is 10.8 Å². The molecule has 0 amide bonds. The summed E-state index contributed by atoms with van der Waals surface area (Å²) in [6.45, 7) is 1.13. The Hall–Kier alpha value is -0.990. The standard InChI is InChI=1S/C18H23NS/c1-2-8-17(9-3-1)19-12-13-20-18-11-10-15-6-4-5-7-16(15)14-18/h4-7,10-11,14,17,19H,1-3,8-9,12-13H2. The molecule has 0 heterocycles. The molecule has 1 saturated carbocycles. The molecule has 1 N–H and O–H groups in total. The van der Waals surface area contributed by atoms with Gasteiger partial charge in [-0.1, -0.05) is 49.6 Å². The van der Waals surface area contributed by atoms with Gasteiger partial charge in [-0.25, -0.2) is 0 Å². The van der Waals surface area contributed by atoms with Crippen molar-refractivity contribution in [1.29, 1.82) is 0 Å². The molecular formula is C18H23NS. The zero-order valence-electron chi connectivity index (χ0n) is 12.0. The zero-order chi connectivity index (χ0) is 13.6. The summed E-state index contributed by atoms with van der Waals surface area (Å²) in [7, 11) is 0. The maximum atomic E-state index is 3.71. The first-order chi connectivity index (χ1) is 9.92. The van der Waals surface area contributed by atoms with Crippen LogP contribution >= 0.6 is 11.8 Å². The zero-order valence-corrected chi connectivity index (χ0v) is 12.8. The highest BCUT2D eigenvalue weighted by molar-refractivity contribution is 7.99. The summed E-state index contributed by atoms with van der Waals surface area (Å²) < 4.78 is 0. The molecule has 0 atom stereocenters. The van der Waals surface area contributed by atoms with Crippen molar-refractivity contribution >= 4 is 22.5 Å². The topological polar surface area (TPSA) is 12.0 Å². The van der Waals surface area contributed by atoms with Crippen LogP contribution in [0.15, 0.2) is 47.4 Å². The summed E-state index contributed by atoms with van der Waals surface area (Å²) in [5.41, 5.74) is 0. The molecule has 2 aromatic rings. The number of thioether (sulfide) groups is 1. The fourth-order valence-corrected chi connectivity index (χ4v) is 3.83. The molecule has 3 rings (SSSR count). The molecule has 0 saturated heterocycles. The van der Waals surface area contributed by atoms with Gasteiger partial charge in [0.05, 0.1) is 0 Å². The van der Waals surface area contributed by atoms with E-state index < -0.39 is 0 Å². The van der Waals surface area contributed by atoms with Gasteiger partial charge in [-0.05, 0) is 35.7 Å². The SMILES string of the molecule is c1ccc2cc(SCCNC3CCCCC3)ccc2c1. The third-order valence-corrected chi connectivity index (χ3v) is 5.13. The van der Waals surface area contributed by atoms with E-state index in [1.165, 1.54) is 47.8 Å². The summed E-state index contributed by atoms with van der Waals surface area (Å²) in [4.78, 5) is 1.38. The van der Waals surface area contributed by atoms with Crippen molar-refractivity contribution in [1.82, 2.24) is 5.32 Å². The number of benzene rings is 2. The van der Waals surface area contributed by atoms with Crippen LogP contribution < -0.4 is 5.32 Å². The van der Waals surface area contributed by atoms with Crippen LogP contribution in [-0.2, 0) is 0 Å². The summed E-state index contributed by atoms with van der Waals surface area (Å²) >= 11 is 1.96. The molecule has 2 heteroatoms. The van der Waals surface area contributed by atoms with Gasteiger partial charge in [-0.2, -0.15) is 0 Å². The highest BCUT2D eigenvalue weighted by atomic mass is 32.2. The molecule has 0 aliphatic heterocycles. The third-order valence-electron chi connectivity index (χ3n) is 4.13. The van der Waals surface area contributed by atoms with Crippen LogP contribution in [0.3, 0.4) is 0 Å². The first kappa shape index (κ1) is 14.0. The Balaban J connectivity index is 1.47. The van der Waals surface area contributed by atoms with Crippen molar-refractivity contribution in [3.05, 3.63) is 42.5 Å². The Bertz CT molecular complexity index is 546. The van der Waals surface area contributed by atoms with Crippen LogP contribution in [0.1, 0.15) is 32.1 Å². The maximum Gasteiger partial charge on any atom is 0.0106 e. The average molecular weight is 285 g/mol. The lowest BCUT2D eigenvalue weighted by Gasteiger charge is -2.22. The van der Waals surface area contributed by atoms with Crippen molar-refractivity contribution in [2.75, 3.05) is 12.3 Å². The van der Waals surface area contributed by atoms with Crippen LogP contribution in [0, 0.1) is 0 Å². The highest BCUT2D eigenvalue weighted by Gasteiger charge is 2.11. The number of fused-ring (bicyclic) bond motifs is 1. The minimum Gasteiger partial charge on any atom is -0.313 e. The fourth-order valence-electron chi connectivity index (χ4n) is 3.00. The quantitative estimate of drug-likeness (QED) is 0.622. The summed E-state index contributed by atoms with van der Waals surface area (Å²) in [5.74, 6) is 1.16. The molecule has 20 heavy (non-hydrogen) atoms. The molecule has 0 unspecified atom stereocenters. The Kier molecular flexibility index (Phi) is 4.99. The van der Waals surface area contributed by atoms with E-state index in [4.69, 9.17) is 0 Å². The number of hydrogen-bond donors (Lipinski definition) is 1. The predicted octanol–water partition coefficient (Wildman–Crippen LogP) is 4.85. The number of rotatable bonds is 5. The van der Waals surface area contributed by atoms with Crippen molar-refractivity contribution in [3.8, 4) is 0 Å².